The summed E-state index contributed by atoms with van der Waals surface area (Å²) in [7, 11) is 0. The van der Waals surface area contributed by atoms with Gasteiger partial charge in [0.1, 0.15) is 6.33 Å². The molecular weight excluding hydrogens is 268 g/mol. The van der Waals surface area contributed by atoms with Gasteiger partial charge < -0.3 is 5.32 Å². The smallest absolute Gasteiger partial charge is 0.183 e. The van der Waals surface area contributed by atoms with Crippen molar-refractivity contribution in [1.82, 2.24) is 20.5 Å². The van der Waals surface area contributed by atoms with Gasteiger partial charge in [-0.1, -0.05) is 43.0 Å². The van der Waals surface area contributed by atoms with E-state index in [0.29, 0.717) is 11.3 Å². The van der Waals surface area contributed by atoms with E-state index in [1.165, 1.54) is 30.4 Å². The first-order valence-corrected chi connectivity index (χ1v) is 8.09. The third-order valence-electron chi connectivity index (χ3n) is 3.78. The third-order valence-corrected chi connectivity index (χ3v) is 5.01. The van der Waals surface area contributed by atoms with Crippen molar-refractivity contribution in [3.63, 3.8) is 0 Å². The Morgan fingerprint density at radius 3 is 3.10 bits per heavy atom. The number of nitrogens with one attached hydrogen (secondary N) is 2. The number of H-pyrrole nitrogens is 1. The van der Waals surface area contributed by atoms with Gasteiger partial charge in [-0.25, -0.2) is 4.98 Å². The molecule has 2 atom stereocenters. The fraction of sp³-hybridized carbons (Fsp3) is 0.467. The Bertz CT molecular complexity index is 541. The molecule has 1 aromatic carbocycles. The monoisotopic (exact) mass is 288 g/mol. The topological polar surface area (TPSA) is 53.6 Å². The molecule has 0 aliphatic heterocycles. The summed E-state index contributed by atoms with van der Waals surface area (Å²) in [5.74, 6) is 0. The van der Waals surface area contributed by atoms with Crippen LogP contribution in [0.3, 0.4) is 0 Å². The number of nitrogens with zero attached hydrogens (tertiary/aromatic N) is 2. The molecular formula is C15H20N4S. The van der Waals surface area contributed by atoms with E-state index in [4.69, 9.17) is 0 Å². The lowest BCUT2D eigenvalue weighted by molar-refractivity contribution is 0.516. The van der Waals surface area contributed by atoms with Crippen molar-refractivity contribution >= 4 is 11.8 Å². The van der Waals surface area contributed by atoms with Crippen LogP contribution in [0.4, 0.5) is 0 Å². The van der Waals surface area contributed by atoms with Gasteiger partial charge in [0.05, 0.1) is 0 Å². The number of hydrogen-bond donors (Lipinski definition) is 2. The second-order valence-electron chi connectivity index (χ2n) is 5.07. The van der Waals surface area contributed by atoms with Gasteiger partial charge in [0.2, 0.25) is 0 Å². The highest BCUT2D eigenvalue weighted by atomic mass is 32.2. The molecule has 1 aliphatic rings. The van der Waals surface area contributed by atoms with Crippen molar-refractivity contribution in [2.45, 2.75) is 42.6 Å². The van der Waals surface area contributed by atoms with E-state index in [1.54, 1.807) is 18.1 Å². The van der Waals surface area contributed by atoms with E-state index < -0.39 is 0 Å². The standard InChI is InChI=1S/C15H20N4S/c1-2-16-14-12-8-4-3-6-11(12)7-5-9-13(14)20-15-17-10-18-19-15/h3-4,6,8,10,13-14,16H,2,5,7,9H2,1H3,(H,17,18,19). The molecule has 2 N–H and O–H groups in total. The number of aryl methyl sites for hydroxylation is 1. The van der Waals surface area contributed by atoms with Gasteiger partial charge in [-0.15, -0.1) is 0 Å². The molecule has 4 nitrogen and oxygen atoms in total. The van der Waals surface area contributed by atoms with Crippen LogP contribution in [0.2, 0.25) is 0 Å². The average Bonchev–Trinajstić information content (AvgIpc) is 2.91. The Hall–Kier alpha value is -1.33. The number of thioether (sulfide) groups is 1. The van der Waals surface area contributed by atoms with Crippen LogP contribution in [0, 0.1) is 0 Å². The number of aromatic nitrogens is 3. The summed E-state index contributed by atoms with van der Waals surface area (Å²) >= 11 is 1.80. The Kier molecular flexibility index (Phi) is 4.38. The zero-order valence-electron chi connectivity index (χ0n) is 11.7. The molecule has 1 aromatic heterocycles. The van der Waals surface area contributed by atoms with Crippen LogP contribution in [0.25, 0.3) is 0 Å². The van der Waals surface area contributed by atoms with Gasteiger partial charge in [0.25, 0.3) is 0 Å². The Labute approximate surface area is 123 Å². The van der Waals surface area contributed by atoms with Crippen molar-refractivity contribution in [1.29, 1.82) is 0 Å². The van der Waals surface area contributed by atoms with Crippen molar-refractivity contribution < 1.29 is 0 Å². The molecule has 0 saturated heterocycles. The summed E-state index contributed by atoms with van der Waals surface area (Å²) in [6.07, 6.45) is 5.17. The first-order valence-electron chi connectivity index (χ1n) is 7.21. The highest BCUT2D eigenvalue weighted by Gasteiger charge is 2.28. The summed E-state index contributed by atoms with van der Waals surface area (Å²) < 4.78 is 0. The molecule has 5 heteroatoms. The Morgan fingerprint density at radius 2 is 2.30 bits per heavy atom. The maximum absolute atomic E-state index is 4.26. The van der Waals surface area contributed by atoms with E-state index in [0.717, 1.165) is 11.7 Å². The highest BCUT2D eigenvalue weighted by Crippen LogP contribution is 2.37. The summed E-state index contributed by atoms with van der Waals surface area (Å²) in [6.45, 7) is 3.15. The van der Waals surface area contributed by atoms with Crippen molar-refractivity contribution in [3.8, 4) is 0 Å². The predicted octanol–water partition coefficient (Wildman–Crippen LogP) is 2.95. The normalized spacial score (nSPS) is 22.2. The molecule has 20 heavy (non-hydrogen) atoms. The molecule has 2 unspecified atom stereocenters. The second kappa shape index (κ2) is 6.41. The van der Waals surface area contributed by atoms with Crippen LogP contribution in [-0.4, -0.2) is 27.0 Å². The van der Waals surface area contributed by atoms with E-state index >= 15 is 0 Å². The van der Waals surface area contributed by atoms with Crippen LogP contribution in [0.1, 0.15) is 36.9 Å². The molecule has 0 amide bonds. The van der Waals surface area contributed by atoms with Crippen molar-refractivity contribution in [2.75, 3.05) is 6.54 Å². The molecule has 3 rings (SSSR count). The zero-order chi connectivity index (χ0) is 13.8. The molecule has 0 spiro atoms. The quantitative estimate of drug-likeness (QED) is 0.849. The minimum Gasteiger partial charge on any atom is -0.309 e. The lowest BCUT2D eigenvalue weighted by atomic mass is 9.99. The molecule has 0 fully saturated rings. The van der Waals surface area contributed by atoms with Crippen LogP contribution >= 0.6 is 11.8 Å². The van der Waals surface area contributed by atoms with E-state index in [9.17, 15) is 0 Å². The fourth-order valence-corrected chi connectivity index (χ4v) is 4.07. The molecule has 106 valence electrons. The Morgan fingerprint density at radius 1 is 1.40 bits per heavy atom. The molecule has 0 bridgehead atoms. The largest absolute Gasteiger partial charge is 0.309 e. The van der Waals surface area contributed by atoms with E-state index in [1.807, 2.05) is 0 Å². The minimum absolute atomic E-state index is 0.383. The van der Waals surface area contributed by atoms with Gasteiger partial charge in [-0.05, 0) is 36.9 Å². The van der Waals surface area contributed by atoms with Gasteiger partial charge in [-0.2, -0.15) is 5.10 Å². The summed E-state index contributed by atoms with van der Waals surface area (Å²) in [5, 5.41) is 12.0. The molecule has 1 aliphatic carbocycles. The number of benzene rings is 1. The maximum atomic E-state index is 4.26. The third kappa shape index (κ3) is 2.88. The fourth-order valence-electron chi connectivity index (χ4n) is 2.91. The van der Waals surface area contributed by atoms with Gasteiger partial charge in [-0.3, -0.25) is 5.10 Å². The minimum atomic E-state index is 0.383. The van der Waals surface area contributed by atoms with Gasteiger partial charge in [0.15, 0.2) is 5.16 Å². The second-order valence-corrected chi connectivity index (χ2v) is 6.30. The first-order chi connectivity index (χ1) is 9.88. The predicted molar refractivity (Wildman–Crippen MR) is 81.8 cm³/mol. The number of fused-ring (bicyclic) bond motifs is 1. The lowest BCUT2D eigenvalue weighted by Gasteiger charge is -2.26. The summed E-state index contributed by atoms with van der Waals surface area (Å²) in [6, 6.07) is 9.20. The molecule has 1 heterocycles. The van der Waals surface area contributed by atoms with Crippen LogP contribution in [0.15, 0.2) is 35.7 Å². The highest BCUT2D eigenvalue weighted by molar-refractivity contribution is 7.99. The lowest BCUT2D eigenvalue weighted by Crippen LogP contribution is -2.30. The van der Waals surface area contributed by atoms with E-state index in [-0.39, 0.29) is 0 Å². The van der Waals surface area contributed by atoms with Crippen LogP contribution < -0.4 is 5.32 Å². The zero-order valence-corrected chi connectivity index (χ0v) is 12.5. The van der Waals surface area contributed by atoms with Gasteiger partial charge in [0, 0.05) is 11.3 Å². The number of aromatic amines is 1. The van der Waals surface area contributed by atoms with Crippen LogP contribution in [0.5, 0.6) is 0 Å². The number of hydrogen-bond acceptors (Lipinski definition) is 4. The average molecular weight is 288 g/mol. The summed E-state index contributed by atoms with van der Waals surface area (Å²) in [4.78, 5) is 4.26. The van der Waals surface area contributed by atoms with Crippen molar-refractivity contribution in [3.05, 3.63) is 41.7 Å². The van der Waals surface area contributed by atoms with E-state index in [2.05, 4.69) is 51.7 Å². The summed E-state index contributed by atoms with van der Waals surface area (Å²) in [5.41, 5.74) is 2.93. The SMILES string of the molecule is CCNC1c2ccccc2CCCC1Sc1ncn[nH]1. The molecule has 0 saturated carbocycles. The molecule has 2 aromatic rings. The maximum Gasteiger partial charge on any atom is 0.183 e. The Balaban J connectivity index is 1.89. The van der Waals surface area contributed by atoms with Crippen molar-refractivity contribution in [2.24, 2.45) is 0 Å². The molecule has 0 radical (unpaired) electrons. The number of rotatable bonds is 4. The van der Waals surface area contributed by atoms with Gasteiger partial charge >= 0.3 is 0 Å². The first kappa shape index (κ1) is 13.6. The van der Waals surface area contributed by atoms with Crippen LogP contribution in [-0.2, 0) is 6.42 Å².